The molecule has 0 aliphatic heterocycles. The zero-order valence-corrected chi connectivity index (χ0v) is 32.6. The van der Waals surface area contributed by atoms with Gasteiger partial charge in [0.25, 0.3) is 0 Å². The average molecular weight is 657 g/mol. The van der Waals surface area contributed by atoms with E-state index >= 15 is 0 Å². The van der Waals surface area contributed by atoms with E-state index in [0.717, 1.165) is 25.3 Å². The SMILES string of the molecule is CCCCCCCCCCCCCCCC[Si](CCCCCCCCCCCCCCCC)(OCCOCC)OCCOCC. The van der Waals surface area contributed by atoms with E-state index in [4.69, 9.17) is 18.3 Å². The Morgan fingerprint density at radius 2 is 0.533 bits per heavy atom. The Balaban J connectivity index is 4.33. The molecule has 0 saturated carbocycles. The highest BCUT2D eigenvalue weighted by atomic mass is 28.4. The molecule has 0 saturated heterocycles. The van der Waals surface area contributed by atoms with Crippen molar-refractivity contribution in [1.29, 1.82) is 0 Å². The molecule has 45 heavy (non-hydrogen) atoms. The summed E-state index contributed by atoms with van der Waals surface area (Å²) in [4.78, 5) is 0. The standard InChI is InChI=1S/C40H84O4Si/c1-5-9-11-13-15-17-19-21-23-25-27-29-31-33-39-45(43-37-35-41-7-3,44-38-36-42-8-4)40-34-32-30-28-26-24-22-20-18-16-14-12-10-6-2/h5-40H2,1-4H3. The Morgan fingerprint density at radius 3 is 0.778 bits per heavy atom. The largest absolute Gasteiger partial charge is 0.392 e. The van der Waals surface area contributed by atoms with Crippen LogP contribution in [-0.2, 0) is 18.3 Å². The summed E-state index contributed by atoms with van der Waals surface area (Å²) in [6.45, 7) is 12.9. The molecule has 0 fully saturated rings. The van der Waals surface area contributed by atoms with Crippen LogP contribution in [0.2, 0.25) is 12.1 Å². The molecule has 0 atom stereocenters. The van der Waals surface area contributed by atoms with Crippen LogP contribution in [0, 0.1) is 0 Å². The lowest BCUT2D eigenvalue weighted by atomic mass is 10.0. The summed E-state index contributed by atoms with van der Waals surface area (Å²) >= 11 is 0. The van der Waals surface area contributed by atoms with Gasteiger partial charge in [0, 0.05) is 13.2 Å². The van der Waals surface area contributed by atoms with E-state index < -0.39 is 8.56 Å². The lowest BCUT2D eigenvalue weighted by Crippen LogP contribution is -2.44. The number of ether oxygens (including phenoxy) is 2. The van der Waals surface area contributed by atoms with E-state index in [0.29, 0.717) is 26.4 Å². The summed E-state index contributed by atoms with van der Waals surface area (Å²) in [7, 11) is -2.26. The summed E-state index contributed by atoms with van der Waals surface area (Å²) in [6.07, 6.45) is 39.1. The molecule has 0 rings (SSSR count). The number of unbranched alkanes of at least 4 members (excludes halogenated alkanes) is 26. The topological polar surface area (TPSA) is 36.9 Å². The molecule has 0 N–H and O–H groups in total. The molecule has 0 unspecified atom stereocenters. The molecule has 0 bridgehead atoms. The quantitative estimate of drug-likeness (QED) is 0.0486. The zero-order chi connectivity index (χ0) is 32.8. The smallest absolute Gasteiger partial charge is 0.338 e. The van der Waals surface area contributed by atoms with Gasteiger partial charge in [-0.15, -0.1) is 0 Å². The second kappa shape index (κ2) is 38.5. The average Bonchev–Trinajstić information content (AvgIpc) is 3.05. The predicted octanol–water partition coefficient (Wildman–Crippen LogP) is 13.5. The fourth-order valence-corrected chi connectivity index (χ4v) is 9.89. The maximum absolute atomic E-state index is 6.68. The molecule has 0 aliphatic carbocycles. The van der Waals surface area contributed by atoms with E-state index in [1.165, 1.54) is 180 Å². The maximum Gasteiger partial charge on any atom is 0.338 e. The van der Waals surface area contributed by atoms with E-state index in [1.54, 1.807) is 0 Å². The van der Waals surface area contributed by atoms with E-state index in [2.05, 4.69) is 27.7 Å². The van der Waals surface area contributed by atoms with Gasteiger partial charge in [0.05, 0.1) is 26.4 Å². The lowest BCUT2D eigenvalue weighted by Gasteiger charge is -2.31. The van der Waals surface area contributed by atoms with Crippen molar-refractivity contribution in [3.63, 3.8) is 0 Å². The Labute approximate surface area is 285 Å². The molecular weight excluding hydrogens is 573 g/mol. The van der Waals surface area contributed by atoms with Crippen molar-refractivity contribution < 1.29 is 18.3 Å². The summed E-state index contributed by atoms with van der Waals surface area (Å²) in [5.74, 6) is 0. The van der Waals surface area contributed by atoms with E-state index in [9.17, 15) is 0 Å². The van der Waals surface area contributed by atoms with Crippen molar-refractivity contribution in [3.8, 4) is 0 Å². The van der Waals surface area contributed by atoms with Crippen LogP contribution in [0.25, 0.3) is 0 Å². The minimum absolute atomic E-state index is 0.673. The van der Waals surface area contributed by atoms with Gasteiger partial charge in [0.2, 0.25) is 0 Å². The summed E-state index contributed by atoms with van der Waals surface area (Å²) < 4.78 is 24.6. The maximum atomic E-state index is 6.68. The first-order chi connectivity index (χ1) is 22.2. The molecule has 0 amide bonds. The van der Waals surface area contributed by atoms with Gasteiger partial charge < -0.3 is 18.3 Å². The monoisotopic (exact) mass is 657 g/mol. The summed E-state index contributed by atoms with van der Waals surface area (Å²) in [6, 6.07) is 2.25. The van der Waals surface area contributed by atoms with Crippen LogP contribution in [0.5, 0.6) is 0 Å². The van der Waals surface area contributed by atoms with Gasteiger partial charge in [0.15, 0.2) is 0 Å². The van der Waals surface area contributed by atoms with Crippen molar-refractivity contribution in [2.45, 2.75) is 220 Å². The molecule has 0 aromatic rings. The Bertz CT molecular complexity index is 486. The van der Waals surface area contributed by atoms with E-state index in [-0.39, 0.29) is 0 Å². The molecule has 0 spiro atoms. The minimum atomic E-state index is -2.26. The number of hydrogen-bond acceptors (Lipinski definition) is 4. The van der Waals surface area contributed by atoms with Crippen LogP contribution >= 0.6 is 0 Å². The molecular formula is C40H84O4Si. The van der Waals surface area contributed by atoms with Gasteiger partial charge in [-0.05, 0) is 25.9 Å². The van der Waals surface area contributed by atoms with Crippen LogP contribution in [0.15, 0.2) is 0 Å². The molecule has 0 aromatic heterocycles. The normalized spacial score (nSPS) is 12.0. The lowest BCUT2D eigenvalue weighted by molar-refractivity contribution is 0.0636. The third kappa shape index (κ3) is 33.7. The molecule has 272 valence electrons. The first-order valence-corrected chi connectivity index (χ1v) is 22.9. The first kappa shape index (κ1) is 45.1. The highest BCUT2D eigenvalue weighted by molar-refractivity contribution is 6.67. The summed E-state index contributed by atoms with van der Waals surface area (Å²) in [5, 5.41) is 0. The van der Waals surface area contributed by atoms with E-state index in [1.807, 2.05) is 0 Å². The molecule has 0 aliphatic rings. The Hall–Kier alpha value is 0.0569. The number of rotatable bonds is 40. The molecule has 0 heterocycles. The molecule has 0 aromatic carbocycles. The van der Waals surface area contributed by atoms with Gasteiger partial charge in [0.1, 0.15) is 0 Å². The fourth-order valence-electron chi connectivity index (χ4n) is 6.49. The Kier molecular flexibility index (Phi) is 38.6. The third-order valence-corrected chi connectivity index (χ3v) is 13.1. The highest BCUT2D eigenvalue weighted by Gasteiger charge is 2.36. The highest BCUT2D eigenvalue weighted by Crippen LogP contribution is 2.27. The van der Waals surface area contributed by atoms with Gasteiger partial charge >= 0.3 is 8.56 Å². The number of hydrogen-bond donors (Lipinski definition) is 0. The fraction of sp³-hybridized carbons (Fsp3) is 1.00. The minimum Gasteiger partial charge on any atom is -0.392 e. The molecule has 0 radical (unpaired) electrons. The molecule has 5 heteroatoms. The second-order valence-electron chi connectivity index (χ2n) is 13.7. The van der Waals surface area contributed by atoms with Gasteiger partial charge in [-0.1, -0.05) is 194 Å². The van der Waals surface area contributed by atoms with Crippen LogP contribution in [-0.4, -0.2) is 48.2 Å². The summed E-state index contributed by atoms with van der Waals surface area (Å²) in [5.41, 5.74) is 0. The van der Waals surface area contributed by atoms with Crippen molar-refractivity contribution in [3.05, 3.63) is 0 Å². The first-order valence-electron chi connectivity index (χ1n) is 20.7. The Morgan fingerprint density at radius 1 is 0.289 bits per heavy atom. The van der Waals surface area contributed by atoms with Crippen LogP contribution in [0.1, 0.15) is 207 Å². The van der Waals surface area contributed by atoms with Crippen LogP contribution in [0.4, 0.5) is 0 Å². The second-order valence-corrected chi connectivity index (χ2v) is 17.1. The van der Waals surface area contributed by atoms with Crippen molar-refractivity contribution in [2.75, 3.05) is 39.6 Å². The van der Waals surface area contributed by atoms with Crippen molar-refractivity contribution in [1.82, 2.24) is 0 Å². The van der Waals surface area contributed by atoms with Crippen molar-refractivity contribution in [2.24, 2.45) is 0 Å². The predicted molar refractivity (Wildman–Crippen MR) is 201 cm³/mol. The molecule has 4 nitrogen and oxygen atoms in total. The zero-order valence-electron chi connectivity index (χ0n) is 31.6. The third-order valence-electron chi connectivity index (χ3n) is 9.42. The van der Waals surface area contributed by atoms with Gasteiger partial charge in [-0.2, -0.15) is 0 Å². The van der Waals surface area contributed by atoms with Crippen LogP contribution < -0.4 is 0 Å². The van der Waals surface area contributed by atoms with Gasteiger partial charge in [-0.3, -0.25) is 0 Å². The van der Waals surface area contributed by atoms with Gasteiger partial charge in [-0.25, -0.2) is 0 Å². The van der Waals surface area contributed by atoms with Crippen LogP contribution in [0.3, 0.4) is 0 Å². The van der Waals surface area contributed by atoms with Crippen molar-refractivity contribution >= 4 is 8.56 Å².